The second kappa shape index (κ2) is 23.9. The number of nitrogens with one attached hydrogen (secondary N) is 8. The predicted octanol–water partition coefficient (Wildman–Crippen LogP) is -0.0922. The molecule has 414 valence electrons. The molecule has 10 atom stereocenters. The topological polar surface area (TPSA) is 280 Å². The SMILES string of the molecule is CN[C@@H](C)C(=O)N[C@H](C(=O)N1CC[C@@H]2[C@H]1[C@@H](C(=O)Nc1ccc(F)cc1)CN2C(=O)CNC(=O)C(=O)NCC(=O)N1C[C@H](C(=O)Nc2ccc(F)cc2)[C@@H]2[C@H]1CCN2C(=O)[C@@H](NC(=O)[C@H](C)NC)C(C)(C)C)C(C)(C)C. The van der Waals surface area contributed by atoms with Gasteiger partial charge in [-0.2, -0.15) is 0 Å². The fourth-order valence-electron chi connectivity index (χ4n) is 10.4. The molecule has 4 fully saturated rings. The lowest BCUT2D eigenvalue weighted by atomic mass is 9.85. The van der Waals surface area contributed by atoms with Crippen LogP contribution in [0.1, 0.15) is 68.2 Å². The number of halogens is 2. The van der Waals surface area contributed by atoms with E-state index in [0.29, 0.717) is 0 Å². The Kier molecular flexibility index (Phi) is 18.3. The molecule has 0 bridgehead atoms. The molecule has 2 aromatic carbocycles. The Morgan fingerprint density at radius 3 is 1.17 bits per heavy atom. The number of hydrogen-bond acceptors (Lipinski definition) is 12. The molecule has 0 spiro atoms. The first kappa shape index (κ1) is 58.2. The van der Waals surface area contributed by atoms with Crippen molar-refractivity contribution in [2.45, 2.75) is 117 Å². The summed E-state index contributed by atoms with van der Waals surface area (Å²) in [6.07, 6.45) is 0.471. The highest BCUT2D eigenvalue weighted by molar-refractivity contribution is 6.35. The van der Waals surface area contributed by atoms with Crippen LogP contribution in [0.3, 0.4) is 0 Å². The Bertz CT molecular complexity index is 2380. The normalized spacial score (nSPS) is 22.6. The van der Waals surface area contributed by atoms with Crippen LogP contribution in [0, 0.1) is 34.3 Å². The summed E-state index contributed by atoms with van der Waals surface area (Å²) in [6, 6.07) is 3.61. The van der Waals surface area contributed by atoms with Crippen LogP contribution in [-0.2, 0) is 47.9 Å². The van der Waals surface area contributed by atoms with Crippen LogP contribution in [0.2, 0.25) is 0 Å². The van der Waals surface area contributed by atoms with Gasteiger partial charge in [-0.05, 0) is 100 Å². The molecular weight excluding hydrogens is 991 g/mol. The number of likely N-dealkylation sites (tertiary alicyclic amines) is 4. The smallest absolute Gasteiger partial charge is 0.309 e. The second-order valence-corrected chi connectivity index (χ2v) is 22.1. The quantitative estimate of drug-likeness (QED) is 0.103. The van der Waals surface area contributed by atoms with E-state index in [1.165, 1.54) is 43.9 Å². The lowest BCUT2D eigenvalue weighted by Crippen LogP contribution is -2.59. The average Bonchev–Trinajstić information content (AvgIpc) is 4.19. The average molecular weight is 1060 g/mol. The molecule has 0 unspecified atom stereocenters. The number of carbonyl (C=O) groups excluding carboxylic acids is 10. The lowest BCUT2D eigenvalue weighted by Gasteiger charge is -2.37. The molecule has 6 rings (SSSR count). The zero-order valence-corrected chi connectivity index (χ0v) is 44.7. The van der Waals surface area contributed by atoms with Gasteiger partial charge in [0.2, 0.25) is 47.3 Å². The van der Waals surface area contributed by atoms with Crippen molar-refractivity contribution in [3.05, 3.63) is 60.2 Å². The molecule has 4 saturated heterocycles. The number of amides is 10. The standard InChI is InChI=1S/C52H72F2N12O10/c1-27(55-9)43(69)61-41(51(3,4)5)49(75)63-21-19-35-39(63)33(45(71)59-31-15-11-29(53)12-16-31)25-65(35)37(67)23-57-47(73)48(74)58-24-38(68)66-26-34(46(72)60-32-17-13-30(54)14-18-32)40-36(66)20-22-64(40)50(76)42(52(6,7)8)62-44(70)28(2)56-10/h11-18,27-28,33-36,39-42,55-56H,19-26H2,1-10H3,(H,57,73)(H,58,74)(H,59,71)(H,60,72)(H,61,69)(H,62,70)/t27-,28-,33-,34-,35+,36+,39+,40+,41+,42+/m0/s1. The van der Waals surface area contributed by atoms with E-state index in [2.05, 4.69) is 42.5 Å². The van der Waals surface area contributed by atoms with Crippen LogP contribution < -0.4 is 42.5 Å². The highest BCUT2D eigenvalue weighted by Gasteiger charge is 2.57. The van der Waals surface area contributed by atoms with Gasteiger partial charge in [0.25, 0.3) is 0 Å². The van der Waals surface area contributed by atoms with Gasteiger partial charge in [0.15, 0.2) is 0 Å². The maximum Gasteiger partial charge on any atom is 0.309 e. The monoisotopic (exact) mass is 1060 g/mol. The summed E-state index contributed by atoms with van der Waals surface area (Å²) >= 11 is 0. The van der Waals surface area contributed by atoms with Crippen LogP contribution in [0.15, 0.2) is 48.5 Å². The summed E-state index contributed by atoms with van der Waals surface area (Å²) in [4.78, 5) is 143. The first-order valence-electron chi connectivity index (χ1n) is 25.5. The fourth-order valence-corrected chi connectivity index (χ4v) is 10.4. The number of rotatable bonds is 16. The van der Waals surface area contributed by atoms with Gasteiger partial charge in [-0.15, -0.1) is 0 Å². The lowest BCUT2D eigenvalue weighted by molar-refractivity contribution is -0.142. The molecule has 4 heterocycles. The Hall–Kier alpha value is -7.08. The number of anilines is 2. The molecular formula is C52H72F2N12O10. The molecule has 22 nitrogen and oxygen atoms in total. The summed E-state index contributed by atoms with van der Waals surface area (Å²) in [5.74, 6) is -9.88. The van der Waals surface area contributed by atoms with Gasteiger partial charge >= 0.3 is 11.8 Å². The van der Waals surface area contributed by atoms with Crippen LogP contribution in [-0.4, -0.2) is 180 Å². The van der Waals surface area contributed by atoms with Crippen molar-refractivity contribution in [2.75, 3.05) is 64.0 Å². The number of hydrogen-bond donors (Lipinski definition) is 8. The molecule has 10 amide bonds. The van der Waals surface area contributed by atoms with Gasteiger partial charge in [0.05, 0.1) is 61.2 Å². The van der Waals surface area contributed by atoms with Crippen molar-refractivity contribution in [1.82, 2.24) is 51.5 Å². The van der Waals surface area contributed by atoms with Gasteiger partial charge in [-0.1, -0.05) is 41.5 Å². The molecule has 24 heteroatoms. The summed E-state index contributed by atoms with van der Waals surface area (Å²) < 4.78 is 27.5. The molecule has 76 heavy (non-hydrogen) atoms. The van der Waals surface area contributed by atoms with Crippen molar-refractivity contribution in [3.8, 4) is 0 Å². The van der Waals surface area contributed by atoms with Crippen LogP contribution in [0.4, 0.5) is 20.2 Å². The molecule has 4 aliphatic heterocycles. The van der Waals surface area contributed by atoms with E-state index in [-0.39, 0.29) is 50.4 Å². The highest BCUT2D eigenvalue weighted by atomic mass is 19.1. The van der Waals surface area contributed by atoms with Crippen LogP contribution in [0.5, 0.6) is 0 Å². The molecule has 0 aromatic heterocycles. The van der Waals surface area contributed by atoms with Crippen molar-refractivity contribution in [3.63, 3.8) is 0 Å². The van der Waals surface area contributed by atoms with E-state index >= 15 is 0 Å². The predicted molar refractivity (Wildman–Crippen MR) is 274 cm³/mol. The van der Waals surface area contributed by atoms with Gasteiger partial charge in [-0.25, -0.2) is 8.78 Å². The zero-order valence-electron chi connectivity index (χ0n) is 44.7. The third-order valence-electron chi connectivity index (χ3n) is 14.8. The second-order valence-electron chi connectivity index (χ2n) is 22.1. The van der Waals surface area contributed by atoms with E-state index in [0.717, 1.165) is 24.3 Å². The largest absolute Gasteiger partial charge is 0.342 e. The number of carbonyl (C=O) groups is 10. The molecule has 8 N–H and O–H groups in total. The Labute approximate surface area is 440 Å². The van der Waals surface area contributed by atoms with Crippen molar-refractivity contribution < 1.29 is 56.7 Å². The molecule has 0 aliphatic carbocycles. The maximum atomic E-state index is 14.5. The van der Waals surface area contributed by atoms with Gasteiger partial charge in [-0.3, -0.25) is 47.9 Å². The van der Waals surface area contributed by atoms with Crippen molar-refractivity contribution in [1.29, 1.82) is 0 Å². The third-order valence-corrected chi connectivity index (χ3v) is 14.8. The Morgan fingerprint density at radius 1 is 0.539 bits per heavy atom. The summed E-state index contributed by atoms with van der Waals surface area (Å²) in [6.45, 7) is 12.4. The van der Waals surface area contributed by atoms with Crippen LogP contribution in [0.25, 0.3) is 0 Å². The van der Waals surface area contributed by atoms with Gasteiger partial charge in [0.1, 0.15) is 23.7 Å². The van der Waals surface area contributed by atoms with Crippen molar-refractivity contribution in [2.24, 2.45) is 22.7 Å². The first-order valence-corrected chi connectivity index (χ1v) is 25.5. The van der Waals surface area contributed by atoms with E-state index in [4.69, 9.17) is 0 Å². The number of likely N-dealkylation sites (N-methyl/N-ethyl adjacent to an activating group) is 2. The maximum absolute atomic E-state index is 14.5. The minimum atomic E-state index is -1.26. The molecule has 4 aliphatic rings. The number of nitrogens with zero attached hydrogens (tertiary/aromatic N) is 4. The minimum Gasteiger partial charge on any atom is -0.342 e. The fraction of sp³-hybridized carbons (Fsp3) is 0.577. The number of fused-ring (bicyclic) bond motifs is 2. The highest BCUT2D eigenvalue weighted by Crippen LogP contribution is 2.40. The summed E-state index contributed by atoms with van der Waals surface area (Å²) in [5.41, 5.74) is -1.03. The first-order chi connectivity index (χ1) is 35.7. The molecule has 2 aromatic rings. The Balaban J connectivity index is 1.13. The molecule has 0 radical (unpaired) electrons. The van der Waals surface area contributed by atoms with E-state index in [9.17, 15) is 56.7 Å². The van der Waals surface area contributed by atoms with E-state index in [1.807, 2.05) is 0 Å². The minimum absolute atomic E-state index is 0.115. The third kappa shape index (κ3) is 13.1. The number of benzene rings is 2. The van der Waals surface area contributed by atoms with E-state index in [1.54, 1.807) is 69.5 Å². The molecule has 0 saturated carbocycles. The zero-order chi connectivity index (χ0) is 56.1. The van der Waals surface area contributed by atoms with Gasteiger partial charge in [0, 0.05) is 37.6 Å². The van der Waals surface area contributed by atoms with Crippen molar-refractivity contribution >= 4 is 70.4 Å². The summed E-state index contributed by atoms with van der Waals surface area (Å²) in [5, 5.41) is 21.5. The Morgan fingerprint density at radius 2 is 0.868 bits per heavy atom. The summed E-state index contributed by atoms with van der Waals surface area (Å²) in [7, 11) is 3.21. The van der Waals surface area contributed by atoms with Gasteiger partial charge < -0.3 is 62.1 Å². The van der Waals surface area contributed by atoms with E-state index < -0.39 is 155 Å². The van der Waals surface area contributed by atoms with Crippen LogP contribution >= 0.6 is 0 Å².